The molecular formula is C12H5Cl4NO2. The zero-order valence-corrected chi connectivity index (χ0v) is 12.2. The van der Waals surface area contributed by atoms with Gasteiger partial charge in [0.15, 0.2) is 16.1 Å². The van der Waals surface area contributed by atoms with Crippen LogP contribution in [0.1, 0.15) is 10.4 Å². The molecule has 0 spiro atoms. The number of halogens is 4. The summed E-state index contributed by atoms with van der Waals surface area (Å²) in [5.74, 6) is 0.475. The highest BCUT2D eigenvalue weighted by molar-refractivity contribution is 6.47. The highest BCUT2D eigenvalue weighted by Crippen LogP contribution is 2.42. The molecule has 98 valence electrons. The number of nitrogens with zero attached hydrogens (tertiary/aromatic N) is 1. The van der Waals surface area contributed by atoms with Crippen molar-refractivity contribution in [3.63, 3.8) is 0 Å². The van der Waals surface area contributed by atoms with E-state index in [1.807, 2.05) is 0 Å². The molecule has 0 aliphatic carbocycles. The average molecular weight is 337 g/mol. The number of pyridine rings is 1. The molecule has 0 saturated carbocycles. The summed E-state index contributed by atoms with van der Waals surface area (Å²) >= 11 is 23.5. The molecule has 0 aliphatic rings. The van der Waals surface area contributed by atoms with Gasteiger partial charge in [-0.25, -0.2) is 4.98 Å². The molecule has 0 unspecified atom stereocenters. The van der Waals surface area contributed by atoms with Crippen molar-refractivity contribution in [1.29, 1.82) is 0 Å². The van der Waals surface area contributed by atoms with Gasteiger partial charge < -0.3 is 4.74 Å². The predicted octanol–water partition coefficient (Wildman–Crippen LogP) is 5.30. The van der Waals surface area contributed by atoms with Crippen LogP contribution in [0.25, 0.3) is 0 Å². The summed E-state index contributed by atoms with van der Waals surface area (Å²) in [5, 5.41) is 0.0652. The maximum absolute atomic E-state index is 10.7. The zero-order valence-electron chi connectivity index (χ0n) is 9.16. The van der Waals surface area contributed by atoms with Crippen LogP contribution in [0.2, 0.25) is 20.4 Å². The van der Waals surface area contributed by atoms with Crippen LogP contribution >= 0.6 is 46.4 Å². The number of aldehydes is 1. The molecule has 19 heavy (non-hydrogen) atoms. The van der Waals surface area contributed by atoms with Gasteiger partial charge >= 0.3 is 0 Å². The molecule has 0 atom stereocenters. The van der Waals surface area contributed by atoms with Crippen molar-refractivity contribution in [2.45, 2.75) is 0 Å². The normalized spacial score (nSPS) is 10.3. The van der Waals surface area contributed by atoms with Crippen molar-refractivity contribution in [3.8, 4) is 11.5 Å². The van der Waals surface area contributed by atoms with Crippen molar-refractivity contribution in [2.24, 2.45) is 0 Å². The van der Waals surface area contributed by atoms with Gasteiger partial charge in [-0.15, -0.1) is 0 Å². The second kappa shape index (κ2) is 5.97. The van der Waals surface area contributed by atoms with Crippen LogP contribution in [0, 0.1) is 0 Å². The van der Waals surface area contributed by atoms with Crippen LogP contribution in [0.5, 0.6) is 11.5 Å². The highest BCUT2D eigenvalue weighted by Gasteiger charge is 2.17. The third-order valence-electron chi connectivity index (χ3n) is 2.17. The van der Waals surface area contributed by atoms with E-state index in [0.717, 1.165) is 0 Å². The topological polar surface area (TPSA) is 39.2 Å². The van der Waals surface area contributed by atoms with E-state index >= 15 is 0 Å². The number of rotatable bonds is 3. The lowest BCUT2D eigenvalue weighted by Crippen LogP contribution is -1.91. The van der Waals surface area contributed by atoms with E-state index in [4.69, 9.17) is 51.1 Å². The number of carbonyl (C=O) groups is 1. The molecule has 3 nitrogen and oxygen atoms in total. The van der Waals surface area contributed by atoms with Gasteiger partial charge in [-0.3, -0.25) is 4.79 Å². The summed E-state index contributed by atoms with van der Waals surface area (Å²) in [6.07, 6.45) is 0.697. The lowest BCUT2D eigenvalue weighted by molar-refractivity contribution is 0.112. The number of hydrogen-bond donors (Lipinski definition) is 0. The zero-order chi connectivity index (χ0) is 14.0. The molecule has 1 aromatic carbocycles. The number of aromatic nitrogens is 1. The molecule has 1 heterocycles. The van der Waals surface area contributed by atoms with Gasteiger partial charge in [0.25, 0.3) is 0 Å². The van der Waals surface area contributed by atoms with Gasteiger partial charge in [0.05, 0.1) is 0 Å². The van der Waals surface area contributed by atoms with Crippen molar-refractivity contribution < 1.29 is 9.53 Å². The average Bonchev–Trinajstić information content (AvgIpc) is 2.41. The van der Waals surface area contributed by atoms with Crippen molar-refractivity contribution in [2.75, 3.05) is 0 Å². The predicted molar refractivity (Wildman–Crippen MR) is 76.2 cm³/mol. The van der Waals surface area contributed by atoms with E-state index < -0.39 is 0 Å². The molecule has 2 rings (SSSR count). The molecule has 0 N–H and O–H groups in total. The van der Waals surface area contributed by atoms with Crippen LogP contribution < -0.4 is 4.74 Å². The summed E-state index contributed by atoms with van der Waals surface area (Å²) < 4.78 is 5.51. The summed E-state index contributed by atoms with van der Waals surface area (Å²) in [4.78, 5) is 14.4. The van der Waals surface area contributed by atoms with Crippen LogP contribution in [-0.2, 0) is 0 Å². The number of benzene rings is 1. The van der Waals surface area contributed by atoms with E-state index in [0.29, 0.717) is 17.6 Å². The maximum Gasteiger partial charge on any atom is 0.170 e. The van der Waals surface area contributed by atoms with Crippen molar-refractivity contribution in [1.82, 2.24) is 4.98 Å². The molecule has 0 amide bonds. The Morgan fingerprint density at radius 3 is 2.26 bits per heavy atom. The van der Waals surface area contributed by atoms with Crippen LogP contribution in [-0.4, -0.2) is 11.3 Å². The number of carbonyl (C=O) groups excluding carboxylic acids is 1. The van der Waals surface area contributed by atoms with Gasteiger partial charge in [-0.1, -0.05) is 58.5 Å². The minimum atomic E-state index is -0.0161. The summed E-state index contributed by atoms with van der Waals surface area (Å²) in [6.45, 7) is 0. The van der Waals surface area contributed by atoms with Gasteiger partial charge in [0.1, 0.15) is 22.1 Å². The second-order valence-electron chi connectivity index (χ2n) is 3.44. The number of hydrogen-bond acceptors (Lipinski definition) is 3. The SMILES string of the molecule is O=Cc1cccc(Oc2c(Cl)c(Cl)nc(Cl)c2Cl)c1. The number of ether oxygens (including phenoxy) is 1. The van der Waals surface area contributed by atoms with E-state index in [-0.39, 0.29) is 26.1 Å². The summed E-state index contributed by atoms with van der Waals surface area (Å²) in [6, 6.07) is 6.46. The first kappa shape index (κ1) is 14.4. The monoisotopic (exact) mass is 335 g/mol. The minimum Gasteiger partial charge on any atom is -0.454 e. The highest BCUT2D eigenvalue weighted by atomic mass is 35.5. The van der Waals surface area contributed by atoms with Gasteiger partial charge in [-0.2, -0.15) is 0 Å². The third kappa shape index (κ3) is 3.12. The van der Waals surface area contributed by atoms with Crippen LogP contribution in [0.15, 0.2) is 24.3 Å². The third-order valence-corrected chi connectivity index (χ3v) is 3.61. The lowest BCUT2D eigenvalue weighted by atomic mass is 10.2. The first-order valence-electron chi connectivity index (χ1n) is 4.96. The minimum absolute atomic E-state index is 0.0161. The van der Waals surface area contributed by atoms with Gasteiger partial charge in [0.2, 0.25) is 0 Å². The van der Waals surface area contributed by atoms with Crippen molar-refractivity contribution in [3.05, 3.63) is 50.2 Å². The fourth-order valence-corrected chi connectivity index (χ4v) is 2.11. The van der Waals surface area contributed by atoms with Gasteiger partial charge in [0, 0.05) is 5.56 Å². The first-order valence-corrected chi connectivity index (χ1v) is 6.47. The molecule has 2 aromatic rings. The molecule has 0 fully saturated rings. The molecule has 7 heteroatoms. The molecule has 1 aromatic heterocycles. The molecule has 0 saturated heterocycles. The van der Waals surface area contributed by atoms with E-state index in [1.54, 1.807) is 18.2 Å². The maximum atomic E-state index is 10.7. The Morgan fingerprint density at radius 2 is 1.68 bits per heavy atom. The Bertz CT molecular complexity index is 620. The Balaban J connectivity index is 2.45. The summed E-state index contributed by atoms with van der Waals surface area (Å²) in [7, 11) is 0. The van der Waals surface area contributed by atoms with Crippen LogP contribution in [0.4, 0.5) is 0 Å². The molecule has 0 aliphatic heterocycles. The Morgan fingerprint density at radius 1 is 1.05 bits per heavy atom. The second-order valence-corrected chi connectivity index (χ2v) is 4.91. The smallest absolute Gasteiger partial charge is 0.170 e. The van der Waals surface area contributed by atoms with Gasteiger partial charge in [-0.05, 0) is 12.1 Å². The Labute approximate surface area is 129 Å². The molecular weight excluding hydrogens is 332 g/mol. The quantitative estimate of drug-likeness (QED) is 0.564. The Kier molecular flexibility index (Phi) is 4.53. The van der Waals surface area contributed by atoms with E-state index in [1.165, 1.54) is 6.07 Å². The Hall–Kier alpha value is -1.000. The van der Waals surface area contributed by atoms with Crippen LogP contribution in [0.3, 0.4) is 0 Å². The first-order chi connectivity index (χ1) is 9.02. The molecule has 0 radical (unpaired) electrons. The standard InChI is InChI=1S/C12H5Cl4NO2/c13-8-10(9(14)12(16)17-11(8)15)19-7-3-1-2-6(4-7)5-18/h1-5H. The van der Waals surface area contributed by atoms with Crippen molar-refractivity contribution >= 4 is 52.7 Å². The lowest BCUT2D eigenvalue weighted by Gasteiger charge is -2.11. The fourth-order valence-electron chi connectivity index (χ4n) is 1.33. The van der Waals surface area contributed by atoms with E-state index in [9.17, 15) is 4.79 Å². The largest absolute Gasteiger partial charge is 0.454 e. The van der Waals surface area contributed by atoms with E-state index in [2.05, 4.69) is 4.98 Å². The summed E-state index contributed by atoms with van der Waals surface area (Å²) in [5.41, 5.74) is 0.455. The fraction of sp³-hybridized carbons (Fsp3) is 0. The molecule has 0 bridgehead atoms.